The zero-order chi connectivity index (χ0) is 7.56. The van der Waals surface area contributed by atoms with E-state index in [9.17, 15) is 0 Å². The summed E-state index contributed by atoms with van der Waals surface area (Å²) < 4.78 is 2.60. The minimum atomic E-state index is 0.698. The molecule has 0 saturated heterocycles. The summed E-state index contributed by atoms with van der Waals surface area (Å²) in [5, 5.41) is 6.79. The number of H-pyrrole nitrogens is 1. The van der Waals surface area contributed by atoms with Crippen LogP contribution in [0, 0.1) is 4.77 Å². The Bertz CT molecular complexity index is 260. The van der Waals surface area contributed by atoms with Gasteiger partial charge in [0.1, 0.15) is 5.82 Å². The summed E-state index contributed by atoms with van der Waals surface area (Å²) in [4.78, 5) is 0. The molecule has 1 N–H and O–H groups in total. The van der Waals surface area contributed by atoms with E-state index in [2.05, 4.69) is 17.1 Å². The van der Waals surface area contributed by atoms with E-state index in [-0.39, 0.29) is 0 Å². The standard InChI is InChI=1S/C6H11N3S/c1-3-4-5-7-8-6(10)9(5)2/h3-4H2,1-2H3,(H,8,10). The van der Waals surface area contributed by atoms with Crippen molar-refractivity contribution >= 4 is 12.2 Å². The fourth-order valence-corrected chi connectivity index (χ4v) is 0.978. The molecule has 0 spiro atoms. The second kappa shape index (κ2) is 2.96. The smallest absolute Gasteiger partial charge is 0.194 e. The van der Waals surface area contributed by atoms with E-state index in [1.54, 1.807) is 0 Å². The second-order valence-electron chi connectivity index (χ2n) is 2.25. The molecular weight excluding hydrogens is 146 g/mol. The van der Waals surface area contributed by atoms with Gasteiger partial charge in [-0.1, -0.05) is 6.92 Å². The third-order valence-electron chi connectivity index (χ3n) is 1.45. The molecule has 0 bridgehead atoms. The first-order valence-electron chi connectivity index (χ1n) is 3.36. The highest BCUT2D eigenvalue weighted by Crippen LogP contribution is 1.97. The van der Waals surface area contributed by atoms with E-state index in [1.165, 1.54) is 0 Å². The van der Waals surface area contributed by atoms with Gasteiger partial charge in [0.2, 0.25) is 0 Å². The molecule has 10 heavy (non-hydrogen) atoms. The van der Waals surface area contributed by atoms with Crippen LogP contribution in [0.15, 0.2) is 0 Å². The quantitative estimate of drug-likeness (QED) is 0.659. The Balaban J connectivity index is 2.94. The lowest BCUT2D eigenvalue weighted by molar-refractivity contribution is 0.753. The number of rotatable bonds is 2. The fraction of sp³-hybridized carbons (Fsp3) is 0.667. The molecule has 0 aromatic carbocycles. The maximum atomic E-state index is 4.93. The van der Waals surface area contributed by atoms with Crippen LogP contribution in [0.5, 0.6) is 0 Å². The topological polar surface area (TPSA) is 33.6 Å². The van der Waals surface area contributed by atoms with Crippen molar-refractivity contribution < 1.29 is 0 Å². The maximum absolute atomic E-state index is 4.93. The molecular formula is C6H11N3S. The number of hydrogen-bond acceptors (Lipinski definition) is 2. The van der Waals surface area contributed by atoms with Crippen LogP contribution in [0.25, 0.3) is 0 Å². The van der Waals surface area contributed by atoms with Gasteiger partial charge in [0.25, 0.3) is 0 Å². The zero-order valence-electron chi connectivity index (χ0n) is 6.22. The Morgan fingerprint density at radius 3 is 2.80 bits per heavy atom. The molecule has 0 atom stereocenters. The van der Waals surface area contributed by atoms with E-state index in [0.717, 1.165) is 18.7 Å². The van der Waals surface area contributed by atoms with E-state index in [0.29, 0.717) is 4.77 Å². The zero-order valence-corrected chi connectivity index (χ0v) is 7.03. The summed E-state index contributed by atoms with van der Waals surface area (Å²) in [6, 6.07) is 0. The Morgan fingerprint density at radius 1 is 1.70 bits per heavy atom. The molecule has 0 fully saturated rings. The third-order valence-corrected chi connectivity index (χ3v) is 1.81. The maximum Gasteiger partial charge on any atom is 0.194 e. The summed E-state index contributed by atoms with van der Waals surface area (Å²) in [7, 11) is 1.93. The van der Waals surface area contributed by atoms with Crippen LogP contribution in [-0.2, 0) is 13.5 Å². The highest BCUT2D eigenvalue weighted by molar-refractivity contribution is 7.71. The van der Waals surface area contributed by atoms with Crippen LogP contribution in [0.3, 0.4) is 0 Å². The SMILES string of the molecule is CCCc1n[nH]c(=S)n1C. The Labute approximate surface area is 65.1 Å². The van der Waals surface area contributed by atoms with Gasteiger partial charge in [0.15, 0.2) is 4.77 Å². The van der Waals surface area contributed by atoms with Gasteiger partial charge in [-0.15, -0.1) is 0 Å². The number of hydrogen-bond donors (Lipinski definition) is 1. The van der Waals surface area contributed by atoms with E-state index in [4.69, 9.17) is 12.2 Å². The number of nitrogens with one attached hydrogen (secondary N) is 1. The minimum Gasteiger partial charge on any atom is -0.307 e. The van der Waals surface area contributed by atoms with Crippen LogP contribution >= 0.6 is 12.2 Å². The summed E-state index contributed by atoms with van der Waals surface area (Å²) in [6.45, 7) is 2.12. The van der Waals surface area contributed by atoms with Gasteiger partial charge >= 0.3 is 0 Å². The molecule has 1 aromatic rings. The van der Waals surface area contributed by atoms with E-state index in [1.807, 2.05) is 11.6 Å². The third kappa shape index (κ3) is 1.26. The molecule has 1 heterocycles. The molecule has 0 aliphatic rings. The van der Waals surface area contributed by atoms with Crippen molar-refractivity contribution in [2.45, 2.75) is 19.8 Å². The summed E-state index contributed by atoms with van der Waals surface area (Å²) in [6.07, 6.45) is 2.09. The first kappa shape index (κ1) is 7.47. The number of aromatic nitrogens is 3. The average molecular weight is 157 g/mol. The first-order chi connectivity index (χ1) is 4.75. The molecule has 4 heteroatoms. The number of nitrogens with zero attached hydrogens (tertiary/aromatic N) is 2. The lowest BCUT2D eigenvalue weighted by atomic mass is 10.3. The molecule has 0 unspecified atom stereocenters. The van der Waals surface area contributed by atoms with Gasteiger partial charge in [0.05, 0.1) is 0 Å². The minimum absolute atomic E-state index is 0.698. The highest BCUT2D eigenvalue weighted by atomic mass is 32.1. The molecule has 1 aromatic heterocycles. The van der Waals surface area contributed by atoms with Crippen molar-refractivity contribution in [2.75, 3.05) is 0 Å². The first-order valence-corrected chi connectivity index (χ1v) is 3.76. The predicted octanol–water partition coefficient (Wildman–Crippen LogP) is 1.43. The molecule has 0 amide bonds. The Hall–Kier alpha value is -0.640. The molecule has 0 aliphatic heterocycles. The lowest BCUT2D eigenvalue weighted by Crippen LogP contribution is -1.96. The van der Waals surface area contributed by atoms with Gasteiger partial charge < -0.3 is 4.57 Å². The van der Waals surface area contributed by atoms with Crippen molar-refractivity contribution in [3.8, 4) is 0 Å². The fourth-order valence-electron chi connectivity index (χ4n) is 0.827. The Morgan fingerprint density at radius 2 is 2.40 bits per heavy atom. The molecule has 3 nitrogen and oxygen atoms in total. The normalized spacial score (nSPS) is 10.2. The number of aryl methyl sites for hydroxylation is 1. The van der Waals surface area contributed by atoms with Crippen LogP contribution in [0.2, 0.25) is 0 Å². The van der Waals surface area contributed by atoms with Gasteiger partial charge in [0, 0.05) is 13.5 Å². The molecule has 0 saturated carbocycles. The van der Waals surface area contributed by atoms with Gasteiger partial charge in [-0.2, -0.15) is 5.10 Å². The Kier molecular flexibility index (Phi) is 2.21. The van der Waals surface area contributed by atoms with Crippen molar-refractivity contribution in [1.29, 1.82) is 0 Å². The largest absolute Gasteiger partial charge is 0.307 e. The van der Waals surface area contributed by atoms with Gasteiger partial charge in [-0.3, -0.25) is 5.10 Å². The van der Waals surface area contributed by atoms with Gasteiger partial charge in [-0.05, 0) is 18.6 Å². The van der Waals surface area contributed by atoms with Crippen molar-refractivity contribution in [3.05, 3.63) is 10.6 Å². The predicted molar refractivity (Wildman–Crippen MR) is 42.4 cm³/mol. The second-order valence-corrected chi connectivity index (χ2v) is 2.64. The van der Waals surface area contributed by atoms with Crippen molar-refractivity contribution in [3.63, 3.8) is 0 Å². The highest BCUT2D eigenvalue weighted by Gasteiger charge is 1.97. The molecule has 1 rings (SSSR count). The van der Waals surface area contributed by atoms with Crippen LogP contribution in [0.4, 0.5) is 0 Å². The summed E-state index contributed by atoms with van der Waals surface area (Å²) >= 11 is 4.93. The van der Waals surface area contributed by atoms with Crippen LogP contribution in [0.1, 0.15) is 19.2 Å². The molecule has 0 radical (unpaired) electrons. The van der Waals surface area contributed by atoms with E-state index >= 15 is 0 Å². The van der Waals surface area contributed by atoms with E-state index < -0.39 is 0 Å². The van der Waals surface area contributed by atoms with Crippen LogP contribution < -0.4 is 0 Å². The summed E-state index contributed by atoms with van der Waals surface area (Å²) in [5.41, 5.74) is 0. The monoisotopic (exact) mass is 157 g/mol. The summed E-state index contributed by atoms with van der Waals surface area (Å²) in [5.74, 6) is 1.03. The molecule has 0 aliphatic carbocycles. The van der Waals surface area contributed by atoms with Crippen molar-refractivity contribution in [2.24, 2.45) is 7.05 Å². The lowest BCUT2D eigenvalue weighted by Gasteiger charge is -1.94. The van der Waals surface area contributed by atoms with Crippen molar-refractivity contribution in [1.82, 2.24) is 14.8 Å². The number of aromatic amines is 1. The molecule has 56 valence electrons. The van der Waals surface area contributed by atoms with Gasteiger partial charge in [-0.25, -0.2) is 0 Å². The average Bonchev–Trinajstić information content (AvgIpc) is 2.20. The van der Waals surface area contributed by atoms with Crippen LogP contribution in [-0.4, -0.2) is 14.8 Å².